The molecular formula is C16H23N3O4S. The van der Waals surface area contributed by atoms with Crippen LogP contribution in [0.2, 0.25) is 0 Å². The summed E-state index contributed by atoms with van der Waals surface area (Å²) >= 11 is 0. The largest absolute Gasteiger partial charge is 0.368 e. The molecule has 0 aliphatic carbocycles. The van der Waals surface area contributed by atoms with Crippen LogP contribution in [0.15, 0.2) is 24.3 Å². The lowest BCUT2D eigenvalue weighted by Crippen LogP contribution is -2.45. The van der Waals surface area contributed by atoms with Gasteiger partial charge in [-0.1, -0.05) is 24.3 Å². The summed E-state index contributed by atoms with van der Waals surface area (Å²) in [4.78, 5) is 23.2. The van der Waals surface area contributed by atoms with E-state index in [0.717, 1.165) is 9.87 Å². The summed E-state index contributed by atoms with van der Waals surface area (Å²) in [5.41, 5.74) is 11.3. The van der Waals surface area contributed by atoms with Gasteiger partial charge in [0, 0.05) is 0 Å². The lowest BCUT2D eigenvalue weighted by molar-refractivity contribution is -0.128. The highest BCUT2D eigenvalue weighted by molar-refractivity contribution is 7.90. The van der Waals surface area contributed by atoms with E-state index in [1.165, 1.54) is 0 Å². The zero-order valence-electron chi connectivity index (χ0n) is 14.0. The van der Waals surface area contributed by atoms with Crippen molar-refractivity contribution in [1.82, 2.24) is 4.31 Å². The molecule has 1 saturated heterocycles. The van der Waals surface area contributed by atoms with Gasteiger partial charge in [-0.25, -0.2) is 12.7 Å². The van der Waals surface area contributed by atoms with Crippen molar-refractivity contribution in [2.24, 2.45) is 11.5 Å². The average Bonchev–Trinajstić information content (AvgIpc) is 2.68. The topological polar surface area (TPSA) is 124 Å². The minimum Gasteiger partial charge on any atom is -0.368 e. The van der Waals surface area contributed by atoms with Gasteiger partial charge in [0.25, 0.3) is 0 Å². The second kappa shape index (κ2) is 6.18. The van der Waals surface area contributed by atoms with Crippen molar-refractivity contribution in [2.45, 2.75) is 50.4 Å². The van der Waals surface area contributed by atoms with E-state index in [0.29, 0.717) is 5.56 Å². The summed E-state index contributed by atoms with van der Waals surface area (Å²) in [7, 11) is -3.75. The molecule has 7 nitrogen and oxygen atoms in total. The molecule has 1 unspecified atom stereocenters. The smallest absolute Gasteiger partial charge is 0.245 e. The van der Waals surface area contributed by atoms with Crippen molar-refractivity contribution in [3.8, 4) is 0 Å². The van der Waals surface area contributed by atoms with Gasteiger partial charge in [-0.15, -0.1) is 0 Å². The monoisotopic (exact) mass is 353 g/mol. The fourth-order valence-corrected chi connectivity index (χ4v) is 5.12. The second-order valence-electron chi connectivity index (χ2n) is 7.02. The number of nitrogens with two attached hydrogens (primary N) is 2. The highest BCUT2D eigenvalue weighted by atomic mass is 32.2. The Labute approximate surface area is 142 Å². The summed E-state index contributed by atoms with van der Waals surface area (Å²) in [5.74, 6) is -0.990. The fraction of sp³-hybridized carbons (Fsp3) is 0.500. The van der Waals surface area contributed by atoms with Crippen LogP contribution in [-0.2, 0) is 26.0 Å². The number of hydrogen-bond donors (Lipinski definition) is 2. The number of carbonyl (C=O) groups is 2. The van der Waals surface area contributed by atoms with Crippen molar-refractivity contribution in [2.75, 3.05) is 0 Å². The molecule has 8 heteroatoms. The second-order valence-corrected chi connectivity index (χ2v) is 8.99. The molecule has 1 aromatic carbocycles. The predicted octanol–water partition coefficient (Wildman–Crippen LogP) is 0.443. The van der Waals surface area contributed by atoms with Crippen LogP contribution in [0.3, 0.4) is 0 Å². The van der Waals surface area contributed by atoms with Crippen LogP contribution in [0, 0.1) is 0 Å². The Morgan fingerprint density at radius 3 is 2.25 bits per heavy atom. The highest BCUT2D eigenvalue weighted by Crippen LogP contribution is 2.40. The third-order valence-electron chi connectivity index (χ3n) is 3.98. The van der Waals surface area contributed by atoms with Crippen LogP contribution in [0.4, 0.5) is 0 Å². The molecule has 1 heterocycles. The molecule has 0 spiro atoms. The van der Waals surface area contributed by atoms with Gasteiger partial charge in [-0.3, -0.25) is 9.59 Å². The first-order valence-corrected chi connectivity index (χ1v) is 9.15. The summed E-state index contributed by atoms with van der Waals surface area (Å²) in [6, 6.07) is 5.94. The van der Waals surface area contributed by atoms with E-state index in [2.05, 4.69) is 0 Å². The number of amides is 2. The van der Waals surface area contributed by atoms with Crippen LogP contribution < -0.4 is 11.5 Å². The Balaban J connectivity index is 2.27. The SMILES string of the molecule is CC(C)(C)N1C(=O)C[C@@H](c2ccc(CC(N)C(N)=O)cc2)S1(=O)=O. The Kier molecular flexibility index (Phi) is 4.74. The minimum absolute atomic E-state index is 0.0697. The first-order valence-electron chi connectivity index (χ1n) is 7.65. The van der Waals surface area contributed by atoms with Gasteiger partial charge in [0.05, 0.1) is 18.0 Å². The zero-order chi connectivity index (χ0) is 18.3. The molecule has 4 N–H and O–H groups in total. The first kappa shape index (κ1) is 18.4. The third-order valence-corrected chi connectivity index (χ3v) is 6.40. The Hall–Kier alpha value is -1.93. The van der Waals surface area contributed by atoms with Crippen molar-refractivity contribution >= 4 is 21.8 Å². The molecule has 1 fully saturated rings. The molecule has 2 rings (SSSR count). The van der Waals surface area contributed by atoms with Crippen molar-refractivity contribution in [3.05, 3.63) is 35.4 Å². The summed E-state index contributed by atoms with van der Waals surface area (Å²) in [5, 5.41) is -0.886. The van der Waals surface area contributed by atoms with Gasteiger partial charge in [0.1, 0.15) is 5.25 Å². The highest BCUT2D eigenvalue weighted by Gasteiger charge is 2.49. The zero-order valence-corrected chi connectivity index (χ0v) is 14.8. The standard InChI is InChI=1S/C16H23N3O4S/c1-16(2,3)19-14(20)9-13(24(19,22)23)11-6-4-10(5-7-11)8-12(17)15(18)21/h4-7,12-13H,8-9,17H2,1-3H3,(H2,18,21)/t12?,13-/m0/s1. The lowest BCUT2D eigenvalue weighted by atomic mass is 10.0. The van der Waals surface area contributed by atoms with E-state index in [4.69, 9.17) is 11.5 Å². The number of sulfonamides is 1. The summed E-state index contributed by atoms with van der Waals surface area (Å²) < 4.78 is 26.4. The van der Waals surface area contributed by atoms with E-state index in [-0.39, 0.29) is 12.8 Å². The van der Waals surface area contributed by atoms with Crippen LogP contribution in [0.25, 0.3) is 0 Å². The normalized spacial score (nSPS) is 21.8. The first-order chi connectivity index (χ1) is 10.9. The Morgan fingerprint density at radius 1 is 1.29 bits per heavy atom. The van der Waals surface area contributed by atoms with Crippen LogP contribution in [0.5, 0.6) is 0 Å². The predicted molar refractivity (Wildman–Crippen MR) is 90.2 cm³/mol. The number of nitrogens with zero attached hydrogens (tertiary/aromatic N) is 1. The van der Waals surface area contributed by atoms with Gasteiger partial charge in [0.15, 0.2) is 0 Å². The summed E-state index contributed by atoms with van der Waals surface area (Å²) in [6.45, 7) is 5.08. The van der Waals surface area contributed by atoms with Crippen LogP contribution in [-0.4, -0.2) is 36.1 Å². The molecule has 0 radical (unpaired) electrons. The molecule has 2 amide bonds. The number of hydrogen-bond acceptors (Lipinski definition) is 5. The number of carbonyl (C=O) groups excluding carboxylic acids is 2. The number of rotatable bonds is 4. The Morgan fingerprint density at radius 2 is 1.83 bits per heavy atom. The van der Waals surface area contributed by atoms with Crippen molar-refractivity contribution in [1.29, 1.82) is 0 Å². The molecule has 132 valence electrons. The lowest BCUT2D eigenvalue weighted by Gasteiger charge is -2.30. The average molecular weight is 353 g/mol. The van der Waals surface area contributed by atoms with Gasteiger partial charge >= 0.3 is 0 Å². The molecule has 2 atom stereocenters. The maximum atomic E-state index is 12.7. The third kappa shape index (κ3) is 3.44. The van der Waals surface area contributed by atoms with Gasteiger partial charge in [-0.05, 0) is 38.3 Å². The molecule has 1 aliphatic rings. The van der Waals surface area contributed by atoms with E-state index < -0.39 is 38.7 Å². The minimum atomic E-state index is -3.75. The maximum absolute atomic E-state index is 12.7. The molecule has 0 bridgehead atoms. The molecule has 1 aromatic rings. The van der Waals surface area contributed by atoms with E-state index in [1.54, 1.807) is 45.0 Å². The summed E-state index contributed by atoms with van der Waals surface area (Å²) in [6.07, 6.45) is 0.208. The van der Waals surface area contributed by atoms with E-state index >= 15 is 0 Å². The quantitative estimate of drug-likeness (QED) is 0.813. The van der Waals surface area contributed by atoms with Crippen LogP contribution in [0.1, 0.15) is 43.6 Å². The Bertz CT molecular complexity index is 751. The maximum Gasteiger partial charge on any atom is 0.245 e. The molecule has 1 aliphatic heterocycles. The van der Waals surface area contributed by atoms with Gasteiger partial charge in [0.2, 0.25) is 21.8 Å². The molecular weight excluding hydrogens is 330 g/mol. The van der Waals surface area contributed by atoms with Gasteiger partial charge in [-0.2, -0.15) is 0 Å². The molecule has 0 saturated carbocycles. The number of primary amides is 1. The molecule has 24 heavy (non-hydrogen) atoms. The van der Waals surface area contributed by atoms with Crippen LogP contribution >= 0.6 is 0 Å². The van der Waals surface area contributed by atoms with E-state index in [9.17, 15) is 18.0 Å². The fourth-order valence-electron chi connectivity index (χ4n) is 2.88. The van der Waals surface area contributed by atoms with Gasteiger partial charge < -0.3 is 11.5 Å². The van der Waals surface area contributed by atoms with Crippen molar-refractivity contribution in [3.63, 3.8) is 0 Å². The van der Waals surface area contributed by atoms with E-state index in [1.807, 2.05) is 0 Å². The van der Waals surface area contributed by atoms with Crippen molar-refractivity contribution < 1.29 is 18.0 Å². The number of benzene rings is 1. The molecule has 0 aromatic heterocycles.